The number of hydrogen-bond donors (Lipinski definition) is 0. The van der Waals surface area contributed by atoms with Gasteiger partial charge in [0.1, 0.15) is 12.5 Å². The van der Waals surface area contributed by atoms with Gasteiger partial charge in [-0.3, -0.25) is 4.18 Å². The molecule has 39 heavy (non-hydrogen) atoms. The Hall–Kier alpha value is -1.97. The molecule has 0 bridgehead atoms. The van der Waals surface area contributed by atoms with Gasteiger partial charge in [-0.15, -0.1) is 0 Å². The van der Waals surface area contributed by atoms with Gasteiger partial charge < -0.3 is 18.9 Å². The van der Waals surface area contributed by atoms with E-state index in [4.69, 9.17) is 23.1 Å². The van der Waals surface area contributed by atoms with E-state index in [2.05, 4.69) is 25.1 Å². The minimum atomic E-state index is -3.80. The Kier molecular flexibility index (Phi) is 8.69. The summed E-state index contributed by atoms with van der Waals surface area (Å²) in [6.45, 7) is 5.04. The van der Waals surface area contributed by atoms with Gasteiger partial charge in [-0.2, -0.15) is 8.42 Å². The van der Waals surface area contributed by atoms with Crippen LogP contribution in [-0.2, 0) is 34.9 Å². The first-order valence-corrected chi connectivity index (χ1v) is 15.5. The maximum atomic E-state index is 12.9. The first-order valence-electron chi connectivity index (χ1n) is 14.1. The third-order valence-electron chi connectivity index (χ3n) is 9.55. The molecule has 0 aliphatic heterocycles. The van der Waals surface area contributed by atoms with Crippen molar-refractivity contribution < 1.29 is 31.5 Å². The fourth-order valence-corrected chi connectivity index (χ4v) is 8.64. The summed E-state index contributed by atoms with van der Waals surface area (Å²) in [5.74, 6) is 2.50. The van der Waals surface area contributed by atoms with E-state index >= 15 is 0 Å². The highest BCUT2D eigenvalue weighted by molar-refractivity contribution is 7.86. The summed E-state index contributed by atoms with van der Waals surface area (Å²) in [7, 11) is -0.506. The van der Waals surface area contributed by atoms with E-state index in [0.717, 1.165) is 43.4 Å². The summed E-state index contributed by atoms with van der Waals surface area (Å²) >= 11 is 0. The topological polar surface area (TPSA) is 80.3 Å². The van der Waals surface area contributed by atoms with Crippen molar-refractivity contribution in [3.8, 4) is 5.75 Å². The van der Waals surface area contributed by atoms with Crippen molar-refractivity contribution in [2.45, 2.75) is 69.3 Å². The molecule has 8 heteroatoms. The van der Waals surface area contributed by atoms with E-state index in [1.807, 2.05) is 6.92 Å². The minimum Gasteiger partial charge on any atom is -0.468 e. The van der Waals surface area contributed by atoms with Crippen LogP contribution in [0.5, 0.6) is 5.75 Å². The van der Waals surface area contributed by atoms with Crippen LogP contribution in [0.1, 0.15) is 61.6 Å². The molecule has 2 fully saturated rings. The van der Waals surface area contributed by atoms with Crippen molar-refractivity contribution in [1.29, 1.82) is 0 Å². The Morgan fingerprint density at radius 1 is 0.974 bits per heavy atom. The summed E-state index contributed by atoms with van der Waals surface area (Å²) in [6, 6.07) is 13.3. The average molecular weight is 559 g/mol. The zero-order valence-corrected chi connectivity index (χ0v) is 24.4. The van der Waals surface area contributed by atoms with Gasteiger partial charge in [-0.05, 0) is 110 Å². The van der Waals surface area contributed by atoms with Gasteiger partial charge in [-0.1, -0.05) is 30.7 Å². The molecular formula is C31H42O7S. The fraction of sp³-hybridized carbons (Fsp3) is 0.613. The quantitative estimate of drug-likeness (QED) is 0.253. The molecule has 0 saturated heterocycles. The SMILES string of the molecule is COCOc1ccc2c(c1)C[C@@H](CCOS(=O)(=O)c1ccc(C)cc1)C1C2CC[C@@]2(C)C1CC[C@@H]2OCOC. The number of aryl methyl sites for hydroxylation is 1. The Morgan fingerprint density at radius 3 is 2.49 bits per heavy atom. The van der Waals surface area contributed by atoms with E-state index in [9.17, 15) is 8.42 Å². The largest absolute Gasteiger partial charge is 0.468 e. The molecule has 3 aliphatic rings. The number of rotatable bonds is 11. The maximum absolute atomic E-state index is 12.9. The first kappa shape index (κ1) is 28.6. The molecule has 0 spiro atoms. The molecule has 2 aromatic carbocycles. The highest BCUT2D eigenvalue weighted by atomic mass is 32.2. The van der Waals surface area contributed by atoms with Crippen molar-refractivity contribution in [3.05, 3.63) is 59.2 Å². The van der Waals surface area contributed by atoms with Gasteiger partial charge in [0.25, 0.3) is 10.1 Å². The van der Waals surface area contributed by atoms with E-state index in [1.54, 1.807) is 38.5 Å². The molecule has 0 N–H and O–H groups in total. The van der Waals surface area contributed by atoms with Crippen molar-refractivity contribution >= 4 is 10.1 Å². The molecule has 2 saturated carbocycles. The van der Waals surface area contributed by atoms with Crippen LogP contribution in [0.4, 0.5) is 0 Å². The second kappa shape index (κ2) is 11.9. The van der Waals surface area contributed by atoms with Crippen LogP contribution in [0.2, 0.25) is 0 Å². The lowest BCUT2D eigenvalue weighted by Crippen LogP contribution is -2.48. The molecule has 214 valence electrons. The molecule has 2 aromatic rings. The van der Waals surface area contributed by atoms with E-state index in [-0.39, 0.29) is 29.8 Å². The lowest BCUT2D eigenvalue weighted by molar-refractivity contribution is -0.129. The summed E-state index contributed by atoms with van der Waals surface area (Å²) < 4.78 is 53.7. The number of benzene rings is 2. The van der Waals surface area contributed by atoms with Crippen molar-refractivity contribution in [1.82, 2.24) is 0 Å². The van der Waals surface area contributed by atoms with E-state index < -0.39 is 10.1 Å². The maximum Gasteiger partial charge on any atom is 0.296 e. The van der Waals surface area contributed by atoms with Crippen LogP contribution < -0.4 is 4.74 Å². The van der Waals surface area contributed by atoms with E-state index in [1.165, 1.54) is 11.1 Å². The molecule has 6 atom stereocenters. The van der Waals surface area contributed by atoms with Crippen molar-refractivity contribution in [2.75, 3.05) is 34.4 Å². The highest BCUT2D eigenvalue weighted by Crippen LogP contribution is 2.63. The Morgan fingerprint density at radius 2 is 1.74 bits per heavy atom. The number of ether oxygens (including phenoxy) is 4. The molecule has 3 unspecified atom stereocenters. The summed E-state index contributed by atoms with van der Waals surface area (Å²) in [4.78, 5) is 0.207. The van der Waals surface area contributed by atoms with Crippen LogP contribution in [0.15, 0.2) is 47.4 Å². The third-order valence-corrected chi connectivity index (χ3v) is 10.9. The van der Waals surface area contributed by atoms with Crippen LogP contribution in [0.25, 0.3) is 0 Å². The van der Waals surface area contributed by atoms with Crippen molar-refractivity contribution in [3.63, 3.8) is 0 Å². The lowest BCUT2D eigenvalue weighted by Gasteiger charge is -2.53. The Balaban J connectivity index is 1.39. The monoisotopic (exact) mass is 558 g/mol. The van der Waals surface area contributed by atoms with Gasteiger partial charge in [0.05, 0.1) is 17.6 Å². The molecule has 7 nitrogen and oxygen atoms in total. The summed E-state index contributed by atoms with van der Waals surface area (Å²) in [5.41, 5.74) is 3.81. The molecular weight excluding hydrogens is 516 g/mol. The molecule has 3 aliphatic carbocycles. The van der Waals surface area contributed by atoms with Crippen LogP contribution in [0, 0.1) is 30.1 Å². The van der Waals surface area contributed by atoms with Crippen LogP contribution >= 0.6 is 0 Å². The number of hydrogen-bond acceptors (Lipinski definition) is 7. The van der Waals surface area contributed by atoms with Gasteiger partial charge >= 0.3 is 0 Å². The molecule has 5 rings (SSSR count). The molecule has 0 radical (unpaired) electrons. The smallest absolute Gasteiger partial charge is 0.296 e. The van der Waals surface area contributed by atoms with E-state index in [0.29, 0.717) is 36.9 Å². The van der Waals surface area contributed by atoms with Gasteiger partial charge in [0, 0.05) is 14.2 Å². The van der Waals surface area contributed by atoms with Crippen LogP contribution in [-0.4, -0.2) is 48.9 Å². The van der Waals surface area contributed by atoms with Gasteiger partial charge in [0.2, 0.25) is 0 Å². The fourth-order valence-electron chi connectivity index (χ4n) is 7.72. The second-order valence-electron chi connectivity index (χ2n) is 11.7. The number of fused-ring (bicyclic) bond motifs is 5. The molecule has 0 amide bonds. The van der Waals surface area contributed by atoms with Gasteiger partial charge in [-0.25, -0.2) is 0 Å². The van der Waals surface area contributed by atoms with Crippen LogP contribution in [0.3, 0.4) is 0 Å². The normalized spacial score (nSPS) is 29.9. The predicted octanol–water partition coefficient (Wildman–Crippen LogP) is 5.84. The number of methoxy groups -OCH3 is 2. The summed E-state index contributed by atoms with van der Waals surface area (Å²) in [5, 5.41) is 0. The lowest BCUT2D eigenvalue weighted by atomic mass is 9.52. The zero-order valence-electron chi connectivity index (χ0n) is 23.6. The first-order chi connectivity index (χ1) is 18.8. The average Bonchev–Trinajstić information content (AvgIpc) is 3.26. The molecule has 0 aromatic heterocycles. The summed E-state index contributed by atoms with van der Waals surface area (Å²) in [6.07, 6.45) is 6.11. The Labute approximate surface area is 233 Å². The third kappa shape index (κ3) is 5.77. The van der Waals surface area contributed by atoms with Crippen molar-refractivity contribution in [2.24, 2.45) is 23.2 Å². The van der Waals surface area contributed by atoms with Gasteiger partial charge in [0.15, 0.2) is 6.79 Å². The minimum absolute atomic E-state index is 0.0891. The molecule has 0 heterocycles. The highest BCUT2D eigenvalue weighted by Gasteiger charge is 2.57. The zero-order chi connectivity index (χ0) is 27.6. The predicted molar refractivity (Wildman–Crippen MR) is 148 cm³/mol. The second-order valence-corrected chi connectivity index (χ2v) is 13.3. The standard InChI is InChI=1S/C31H42O7S/c1-21-5-8-25(9-6-21)39(32,33)38-16-14-22-17-23-18-24(36-19-34-3)7-10-26(23)27-13-15-31(2)28(30(22)27)11-12-29(31)37-20-35-4/h5-10,18,22,27-30H,11-17,19-20H2,1-4H3/t22-,27?,28?,29+,30?,31+/m1/s1. The Bertz CT molecular complexity index is 1230.